The first-order valence-electron chi connectivity index (χ1n) is 7.69. The Morgan fingerprint density at radius 1 is 1.04 bits per heavy atom. The van der Waals surface area contributed by atoms with Crippen LogP contribution >= 0.6 is 11.8 Å². The Kier molecular flexibility index (Phi) is 6.04. The Morgan fingerprint density at radius 2 is 1.71 bits per heavy atom. The smallest absolute Gasteiger partial charge is 0.338 e. The van der Waals surface area contributed by atoms with Gasteiger partial charge in [0.2, 0.25) is 0 Å². The Hall–Kier alpha value is -2.27. The highest BCUT2D eigenvalue weighted by atomic mass is 32.2. The molecule has 0 spiro atoms. The zero-order valence-electron chi connectivity index (χ0n) is 14.3. The number of rotatable bonds is 5. The Balaban J connectivity index is 2.30. The van der Waals surface area contributed by atoms with Gasteiger partial charge in [-0.3, -0.25) is 4.79 Å². The van der Waals surface area contributed by atoms with E-state index in [1.165, 1.54) is 7.11 Å². The molecule has 0 saturated heterocycles. The van der Waals surface area contributed by atoms with Crippen molar-refractivity contribution < 1.29 is 14.3 Å². The molecule has 2 rings (SSSR count). The molecule has 1 N–H and O–H groups in total. The van der Waals surface area contributed by atoms with Gasteiger partial charge >= 0.3 is 5.97 Å². The first kappa shape index (κ1) is 18.1. The van der Waals surface area contributed by atoms with Crippen LogP contribution in [0.2, 0.25) is 0 Å². The molecule has 0 aliphatic heterocycles. The molecule has 126 valence electrons. The normalized spacial score (nSPS) is 10.5. The predicted molar refractivity (Wildman–Crippen MR) is 97.9 cm³/mol. The highest BCUT2D eigenvalue weighted by Gasteiger charge is 2.16. The van der Waals surface area contributed by atoms with Crippen LogP contribution in [0.25, 0.3) is 0 Å². The van der Waals surface area contributed by atoms with E-state index in [0.717, 1.165) is 4.90 Å². The van der Waals surface area contributed by atoms with Crippen LogP contribution in [0.3, 0.4) is 0 Å². The summed E-state index contributed by atoms with van der Waals surface area (Å²) >= 11 is 1.64. The van der Waals surface area contributed by atoms with Gasteiger partial charge in [-0.25, -0.2) is 4.79 Å². The van der Waals surface area contributed by atoms with Crippen molar-refractivity contribution in [3.05, 3.63) is 59.2 Å². The lowest BCUT2D eigenvalue weighted by Gasteiger charge is -2.14. The fraction of sp³-hybridized carbons (Fsp3) is 0.263. The van der Waals surface area contributed by atoms with Gasteiger partial charge in [0, 0.05) is 15.8 Å². The number of anilines is 1. The minimum absolute atomic E-state index is 0.191. The molecule has 0 fully saturated rings. The molecule has 24 heavy (non-hydrogen) atoms. The summed E-state index contributed by atoms with van der Waals surface area (Å²) in [5, 5.41) is 3.28. The standard InChI is InChI=1S/C19H21NO3S/c1-12(2)24-17-11-6-5-8-15(17)18(21)20-16-10-7-9-14(13(16)3)19(22)23-4/h5-12H,1-4H3,(H,20,21). The molecule has 4 nitrogen and oxygen atoms in total. The van der Waals surface area contributed by atoms with Crippen molar-refractivity contribution in [1.29, 1.82) is 0 Å². The quantitative estimate of drug-likeness (QED) is 0.640. The molecule has 2 aromatic rings. The second-order valence-electron chi connectivity index (χ2n) is 5.59. The molecule has 0 aliphatic rings. The average molecular weight is 343 g/mol. The van der Waals surface area contributed by atoms with Crippen LogP contribution in [-0.2, 0) is 4.74 Å². The summed E-state index contributed by atoms with van der Waals surface area (Å²) in [6, 6.07) is 12.7. The molecular formula is C19H21NO3S. The maximum absolute atomic E-state index is 12.7. The van der Waals surface area contributed by atoms with E-state index in [1.54, 1.807) is 43.0 Å². The van der Waals surface area contributed by atoms with Gasteiger partial charge in [0.25, 0.3) is 5.91 Å². The Bertz CT molecular complexity index is 756. The number of thioether (sulfide) groups is 1. The molecule has 0 aromatic heterocycles. The molecular weight excluding hydrogens is 322 g/mol. The van der Waals surface area contributed by atoms with Crippen molar-refractivity contribution in [3.8, 4) is 0 Å². The number of carbonyl (C=O) groups is 2. The molecule has 0 saturated carbocycles. The van der Waals surface area contributed by atoms with Crippen LogP contribution in [0.5, 0.6) is 0 Å². The molecule has 0 atom stereocenters. The number of hydrogen-bond acceptors (Lipinski definition) is 4. The molecule has 1 amide bonds. The monoisotopic (exact) mass is 343 g/mol. The fourth-order valence-electron chi connectivity index (χ4n) is 2.30. The van der Waals surface area contributed by atoms with Crippen LogP contribution in [0.15, 0.2) is 47.4 Å². The lowest BCUT2D eigenvalue weighted by Crippen LogP contribution is -2.15. The SMILES string of the molecule is COC(=O)c1cccc(NC(=O)c2ccccc2SC(C)C)c1C. The van der Waals surface area contributed by atoms with Gasteiger partial charge < -0.3 is 10.1 Å². The summed E-state index contributed by atoms with van der Waals surface area (Å²) in [5.74, 6) is -0.608. The van der Waals surface area contributed by atoms with Crippen molar-refractivity contribution in [3.63, 3.8) is 0 Å². The van der Waals surface area contributed by atoms with Crippen molar-refractivity contribution in [2.75, 3.05) is 12.4 Å². The van der Waals surface area contributed by atoms with E-state index in [0.29, 0.717) is 27.6 Å². The highest BCUT2D eigenvalue weighted by Crippen LogP contribution is 2.28. The zero-order valence-corrected chi connectivity index (χ0v) is 15.1. The number of amides is 1. The molecule has 0 radical (unpaired) electrons. The van der Waals surface area contributed by atoms with E-state index in [2.05, 4.69) is 19.2 Å². The van der Waals surface area contributed by atoms with Gasteiger partial charge in [0.15, 0.2) is 0 Å². The van der Waals surface area contributed by atoms with E-state index in [9.17, 15) is 9.59 Å². The number of nitrogens with one attached hydrogen (secondary N) is 1. The molecule has 0 heterocycles. The summed E-state index contributed by atoms with van der Waals surface area (Å²) in [5.41, 5.74) is 2.36. The predicted octanol–water partition coefficient (Wildman–Crippen LogP) is 4.53. The van der Waals surface area contributed by atoms with Crippen molar-refractivity contribution >= 4 is 29.3 Å². The molecule has 2 aromatic carbocycles. The maximum Gasteiger partial charge on any atom is 0.338 e. The van der Waals surface area contributed by atoms with Gasteiger partial charge in [0.1, 0.15) is 0 Å². The van der Waals surface area contributed by atoms with Gasteiger partial charge in [0.05, 0.1) is 18.2 Å². The van der Waals surface area contributed by atoms with Gasteiger partial charge in [-0.15, -0.1) is 11.8 Å². The molecule has 0 unspecified atom stereocenters. The number of benzene rings is 2. The number of esters is 1. The third-order valence-corrected chi connectivity index (χ3v) is 4.56. The third kappa shape index (κ3) is 4.17. The fourth-order valence-corrected chi connectivity index (χ4v) is 3.26. The highest BCUT2D eigenvalue weighted by molar-refractivity contribution is 8.00. The molecule has 5 heteroatoms. The van der Waals surface area contributed by atoms with Crippen LogP contribution in [0.1, 0.15) is 40.1 Å². The van der Waals surface area contributed by atoms with E-state index < -0.39 is 5.97 Å². The molecule has 0 bridgehead atoms. The first-order chi connectivity index (χ1) is 11.4. The number of hydrogen-bond donors (Lipinski definition) is 1. The van der Waals surface area contributed by atoms with Crippen LogP contribution < -0.4 is 5.32 Å². The van der Waals surface area contributed by atoms with Gasteiger partial charge in [-0.1, -0.05) is 32.0 Å². The lowest BCUT2D eigenvalue weighted by molar-refractivity contribution is 0.0599. The van der Waals surface area contributed by atoms with Crippen LogP contribution in [-0.4, -0.2) is 24.2 Å². The van der Waals surface area contributed by atoms with Gasteiger partial charge in [-0.2, -0.15) is 0 Å². The number of methoxy groups -OCH3 is 1. The Labute approximate surface area is 146 Å². The number of carbonyl (C=O) groups excluding carboxylic acids is 2. The first-order valence-corrected chi connectivity index (χ1v) is 8.57. The second kappa shape index (κ2) is 8.02. The van der Waals surface area contributed by atoms with Gasteiger partial charge in [-0.05, 0) is 36.8 Å². The zero-order chi connectivity index (χ0) is 17.7. The summed E-state index contributed by atoms with van der Waals surface area (Å²) in [7, 11) is 1.34. The largest absolute Gasteiger partial charge is 0.465 e. The minimum Gasteiger partial charge on any atom is -0.465 e. The van der Waals surface area contributed by atoms with Crippen LogP contribution in [0, 0.1) is 6.92 Å². The topological polar surface area (TPSA) is 55.4 Å². The van der Waals surface area contributed by atoms with Crippen LogP contribution in [0.4, 0.5) is 5.69 Å². The average Bonchev–Trinajstić information content (AvgIpc) is 2.56. The van der Waals surface area contributed by atoms with E-state index in [-0.39, 0.29) is 5.91 Å². The molecule has 0 aliphatic carbocycles. The Morgan fingerprint density at radius 3 is 2.38 bits per heavy atom. The van der Waals surface area contributed by atoms with E-state index >= 15 is 0 Å². The van der Waals surface area contributed by atoms with Crippen molar-refractivity contribution in [2.45, 2.75) is 30.9 Å². The minimum atomic E-state index is -0.417. The number of ether oxygens (including phenoxy) is 1. The third-order valence-electron chi connectivity index (χ3n) is 3.48. The second-order valence-corrected chi connectivity index (χ2v) is 7.20. The summed E-state index contributed by atoms with van der Waals surface area (Å²) < 4.78 is 4.77. The van der Waals surface area contributed by atoms with E-state index in [4.69, 9.17) is 4.74 Å². The lowest BCUT2D eigenvalue weighted by atomic mass is 10.1. The summed E-state index contributed by atoms with van der Waals surface area (Å²) in [6.07, 6.45) is 0. The maximum atomic E-state index is 12.7. The summed E-state index contributed by atoms with van der Waals surface area (Å²) in [4.78, 5) is 25.4. The van der Waals surface area contributed by atoms with E-state index in [1.807, 2.05) is 18.2 Å². The summed E-state index contributed by atoms with van der Waals surface area (Å²) in [6.45, 7) is 5.96. The van der Waals surface area contributed by atoms with Crippen molar-refractivity contribution in [1.82, 2.24) is 0 Å². The van der Waals surface area contributed by atoms with Crippen molar-refractivity contribution in [2.24, 2.45) is 0 Å².